The van der Waals surface area contributed by atoms with Crippen LogP contribution in [0.1, 0.15) is 12.8 Å². The number of hydrogen-bond acceptors (Lipinski definition) is 2. The molecule has 1 fully saturated rings. The molecular formula is C10H11Cl2F2NO. The van der Waals surface area contributed by atoms with E-state index in [0.29, 0.717) is 0 Å². The molecule has 1 aliphatic rings. The van der Waals surface area contributed by atoms with Crippen molar-refractivity contribution in [2.75, 3.05) is 6.61 Å². The lowest BCUT2D eigenvalue weighted by atomic mass is 10.3. The summed E-state index contributed by atoms with van der Waals surface area (Å²) in [5, 5.41) is -0.334. The summed E-state index contributed by atoms with van der Waals surface area (Å²) in [7, 11) is 0. The first-order chi connectivity index (χ1) is 7.02. The van der Waals surface area contributed by atoms with Crippen LogP contribution in [-0.4, -0.2) is 12.1 Å². The van der Waals surface area contributed by atoms with Crippen molar-refractivity contribution in [1.82, 2.24) is 0 Å². The van der Waals surface area contributed by atoms with E-state index in [9.17, 15) is 8.78 Å². The summed E-state index contributed by atoms with van der Waals surface area (Å²) in [6.45, 7) is 0.160. The first kappa shape index (κ1) is 13.5. The summed E-state index contributed by atoms with van der Waals surface area (Å²) in [6, 6.07) is 1.94. The minimum absolute atomic E-state index is 0. The first-order valence-corrected chi connectivity index (χ1v) is 4.95. The summed E-state index contributed by atoms with van der Waals surface area (Å²) >= 11 is 5.57. The number of nitrogens with two attached hydrogens (primary N) is 1. The molecule has 2 N–H and O–H groups in total. The molecule has 0 saturated heterocycles. The van der Waals surface area contributed by atoms with Gasteiger partial charge in [-0.1, -0.05) is 11.6 Å². The van der Waals surface area contributed by atoms with Gasteiger partial charge in [0.1, 0.15) is 17.4 Å². The van der Waals surface area contributed by atoms with Gasteiger partial charge in [0.05, 0.1) is 5.54 Å². The van der Waals surface area contributed by atoms with Gasteiger partial charge < -0.3 is 10.5 Å². The quantitative estimate of drug-likeness (QED) is 0.857. The predicted octanol–water partition coefficient (Wildman–Crippen LogP) is 2.91. The van der Waals surface area contributed by atoms with Gasteiger partial charge in [0, 0.05) is 0 Å². The van der Waals surface area contributed by atoms with E-state index in [0.717, 1.165) is 25.0 Å². The van der Waals surface area contributed by atoms with Crippen molar-refractivity contribution in [3.63, 3.8) is 0 Å². The van der Waals surface area contributed by atoms with Gasteiger partial charge >= 0.3 is 0 Å². The van der Waals surface area contributed by atoms with Crippen molar-refractivity contribution in [3.8, 4) is 5.75 Å². The smallest absolute Gasteiger partial charge is 0.176 e. The minimum atomic E-state index is -0.699. The summed E-state index contributed by atoms with van der Waals surface area (Å²) < 4.78 is 31.3. The van der Waals surface area contributed by atoms with E-state index in [1.807, 2.05) is 0 Å². The zero-order chi connectivity index (χ0) is 11.1. The number of hydrogen-bond donors (Lipinski definition) is 1. The molecule has 1 saturated carbocycles. The molecule has 0 atom stereocenters. The van der Waals surface area contributed by atoms with Crippen LogP contribution < -0.4 is 10.5 Å². The van der Waals surface area contributed by atoms with Crippen molar-refractivity contribution in [2.24, 2.45) is 5.73 Å². The maximum atomic E-state index is 13.2. The average molecular weight is 270 g/mol. The van der Waals surface area contributed by atoms with Crippen LogP contribution in [0.2, 0.25) is 5.02 Å². The van der Waals surface area contributed by atoms with E-state index < -0.39 is 11.6 Å². The average Bonchev–Trinajstić information content (AvgIpc) is 2.91. The van der Waals surface area contributed by atoms with Crippen molar-refractivity contribution in [1.29, 1.82) is 0 Å². The highest BCUT2D eigenvalue weighted by Gasteiger charge is 2.39. The zero-order valence-electron chi connectivity index (χ0n) is 8.30. The molecule has 0 unspecified atom stereocenters. The summed E-state index contributed by atoms with van der Waals surface area (Å²) in [5.41, 5.74) is 5.36. The fraction of sp³-hybridized carbons (Fsp3) is 0.400. The lowest BCUT2D eigenvalue weighted by molar-refractivity contribution is 0.266. The van der Waals surface area contributed by atoms with Gasteiger partial charge in [0.2, 0.25) is 0 Å². The Bertz CT molecular complexity index is 397. The maximum absolute atomic E-state index is 13.2. The van der Waals surface area contributed by atoms with E-state index in [-0.39, 0.29) is 35.3 Å². The number of halogens is 4. The van der Waals surface area contributed by atoms with Gasteiger partial charge in [-0.2, -0.15) is 0 Å². The molecule has 16 heavy (non-hydrogen) atoms. The molecule has 2 rings (SSSR count). The van der Waals surface area contributed by atoms with E-state index in [1.54, 1.807) is 0 Å². The zero-order valence-corrected chi connectivity index (χ0v) is 9.88. The van der Waals surface area contributed by atoms with E-state index in [4.69, 9.17) is 22.1 Å². The van der Waals surface area contributed by atoms with E-state index >= 15 is 0 Å². The third-order valence-electron chi connectivity index (χ3n) is 2.40. The molecule has 0 bridgehead atoms. The maximum Gasteiger partial charge on any atom is 0.176 e. The van der Waals surface area contributed by atoms with Gasteiger partial charge in [-0.15, -0.1) is 12.4 Å². The largest absolute Gasteiger partial charge is 0.487 e. The molecule has 0 spiro atoms. The van der Waals surface area contributed by atoms with E-state index in [1.165, 1.54) is 0 Å². The second-order valence-corrected chi connectivity index (χ2v) is 4.20. The minimum Gasteiger partial charge on any atom is -0.487 e. The fourth-order valence-corrected chi connectivity index (χ4v) is 1.37. The Morgan fingerprint density at radius 1 is 1.31 bits per heavy atom. The molecule has 2 nitrogen and oxygen atoms in total. The second kappa shape index (κ2) is 4.73. The third-order valence-corrected chi connectivity index (χ3v) is 2.75. The number of benzene rings is 1. The van der Waals surface area contributed by atoms with Crippen molar-refractivity contribution >= 4 is 24.0 Å². The topological polar surface area (TPSA) is 35.2 Å². The molecule has 0 amide bonds. The van der Waals surface area contributed by atoms with Crippen LogP contribution >= 0.6 is 24.0 Å². The second-order valence-electron chi connectivity index (χ2n) is 3.82. The number of rotatable bonds is 3. The Morgan fingerprint density at radius 3 is 2.44 bits per heavy atom. The van der Waals surface area contributed by atoms with Crippen LogP contribution in [0.15, 0.2) is 12.1 Å². The van der Waals surface area contributed by atoms with Crippen LogP contribution in [0.25, 0.3) is 0 Å². The van der Waals surface area contributed by atoms with Gasteiger partial charge in [0.15, 0.2) is 11.6 Å². The predicted molar refractivity (Wildman–Crippen MR) is 60.3 cm³/mol. The molecule has 1 aliphatic carbocycles. The standard InChI is InChI=1S/C10H10ClF2NO.ClH/c11-8-6(12)1-2-7(13)9(8)15-5-10(14)3-4-10;/h1-2H,3-5,14H2;1H. The Morgan fingerprint density at radius 2 is 1.88 bits per heavy atom. The van der Waals surface area contributed by atoms with Crippen molar-refractivity contribution < 1.29 is 13.5 Å². The lowest BCUT2D eigenvalue weighted by Crippen LogP contribution is -2.30. The van der Waals surface area contributed by atoms with Gasteiger partial charge in [0.25, 0.3) is 0 Å². The molecule has 0 aliphatic heterocycles. The summed E-state index contributed by atoms with van der Waals surface area (Å²) in [6.07, 6.45) is 1.67. The molecule has 0 heterocycles. The van der Waals surface area contributed by atoms with Gasteiger partial charge in [-0.05, 0) is 25.0 Å². The van der Waals surface area contributed by atoms with Crippen LogP contribution in [0.3, 0.4) is 0 Å². The Hall–Kier alpha value is -0.580. The van der Waals surface area contributed by atoms with Crippen LogP contribution in [-0.2, 0) is 0 Å². The summed E-state index contributed by atoms with van der Waals surface area (Å²) in [4.78, 5) is 0. The lowest BCUT2D eigenvalue weighted by Gasteiger charge is -2.13. The third kappa shape index (κ3) is 2.75. The molecule has 0 radical (unpaired) electrons. The Kier molecular flexibility index (Phi) is 3.99. The highest BCUT2D eigenvalue weighted by Crippen LogP contribution is 2.35. The monoisotopic (exact) mass is 269 g/mol. The highest BCUT2D eigenvalue weighted by molar-refractivity contribution is 6.32. The highest BCUT2D eigenvalue weighted by atomic mass is 35.5. The Labute approximate surface area is 103 Å². The van der Waals surface area contributed by atoms with Crippen LogP contribution in [0.4, 0.5) is 8.78 Å². The molecule has 6 heteroatoms. The van der Waals surface area contributed by atoms with Crippen molar-refractivity contribution in [2.45, 2.75) is 18.4 Å². The van der Waals surface area contributed by atoms with Crippen LogP contribution in [0.5, 0.6) is 5.75 Å². The van der Waals surface area contributed by atoms with Crippen molar-refractivity contribution in [3.05, 3.63) is 28.8 Å². The summed E-state index contributed by atoms with van der Waals surface area (Å²) in [5.74, 6) is -1.63. The number of ether oxygens (including phenoxy) is 1. The van der Waals surface area contributed by atoms with Gasteiger partial charge in [-0.3, -0.25) is 0 Å². The Balaban J connectivity index is 0.00000128. The normalized spacial score (nSPS) is 16.5. The SMILES string of the molecule is Cl.NC1(COc2c(F)ccc(F)c2Cl)CC1. The molecule has 90 valence electrons. The van der Waals surface area contributed by atoms with E-state index in [2.05, 4.69) is 0 Å². The first-order valence-electron chi connectivity index (χ1n) is 4.57. The van der Waals surface area contributed by atoms with Crippen LogP contribution in [0, 0.1) is 11.6 Å². The molecule has 1 aromatic rings. The molecule has 0 aromatic heterocycles. The fourth-order valence-electron chi connectivity index (χ4n) is 1.16. The molecule has 1 aromatic carbocycles. The van der Waals surface area contributed by atoms with Gasteiger partial charge in [-0.25, -0.2) is 8.78 Å². The molecular weight excluding hydrogens is 259 g/mol.